The van der Waals surface area contributed by atoms with E-state index in [9.17, 15) is 13.2 Å². The molecule has 1 aliphatic rings. The van der Waals surface area contributed by atoms with E-state index in [1.807, 2.05) is 30.2 Å². The molecule has 1 aromatic carbocycles. The van der Waals surface area contributed by atoms with Gasteiger partial charge in [-0.2, -0.15) is 0 Å². The summed E-state index contributed by atoms with van der Waals surface area (Å²) < 4.78 is 33.8. The Morgan fingerprint density at radius 3 is 2.48 bits per heavy atom. The molecule has 160 valence electrons. The Balaban J connectivity index is 1.81. The maximum absolute atomic E-state index is 12.7. The third kappa shape index (κ3) is 4.46. The molecule has 0 bridgehead atoms. The normalized spacial score (nSPS) is 20.6. The third-order valence-corrected chi connectivity index (χ3v) is 7.04. The zero-order valence-electron chi connectivity index (χ0n) is 17.8. The molecule has 9 heteroatoms. The highest BCUT2D eigenvalue weighted by Gasteiger charge is 2.26. The molecular weight excluding hydrogens is 392 g/mol. The molecule has 29 heavy (non-hydrogen) atoms. The molecule has 1 saturated heterocycles. The van der Waals surface area contributed by atoms with Crippen molar-refractivity contribution in [1.82, 2.24) is 18.8 Å². The van der Waals surface area contributed by atoms with Crippen molar-refractivity contribution in [3.05, 3.63) is 24.0 Å². The third-order valence-electron chi connectivity index (χ3n) is 5.23. The first-order valence-corrected chi connectivity index (χ1v) is 11.4. The minimum atomic E-state index is -3.52. The molecule has 1 aromatic heterocycles. The number of hydrogen-bond donors (Lipinski definition) is 0. The molecule has 3 rings (SSSR count). The lowest BCUT2D eigenvalue weighted by Gasteiger charge is -2.35. The molecule has 1 aliphatic heterocycles. The number of aromatic nitrogens is 2. The van der Waals surface area contributed by atoms with Gasteiger partial charge >= 0.3 is 0 Å². The van der Waals surface area contributed by atoms with Crippen LogP contribution >= 0.6 is 0 Å². The lowest BCUT2D eigenvalue weighted by Crippen LogP contribution is -2.48. The summed E-state index contributed by atoms with van der Waals surface area (Å²) in [6.07, 6.45) is 0.961. The molecule has 2 heterocycles. The van der Waals surface area contributed by atoms with Crippen LogP contribution in [0.25, 0.3) is 11.0 Å². The van der Waals surface area contributed by atoms with Crippen LogP contribution in [0.4, 0.5) is 0 Å². The van der Waals surface area contributed by atoms with Crippen LogP contribution in [0.3, 0.4) is 0 Å². The molecule has 2 unspecified atom stereocenters. The van der Waals surface area contributed by atoms with E-state index in [0.29, 0.717) is 38.0 Å². The molecule has 8 nitrogen and oxygen atoms in total. The molecule has 0 aliphatic carbocycles. The molecule has 0 N–H and O–H groups in total. The van der Waals surface area contributed by atoms with Crippen LogP contribution in [0, 0.1) is 0 Å². The lowest BCUT2D eigenvalue weighted by atomic mass is 10.2. The highest BCUT2D eigenvalue weighted by Crippen LogP contribution is 2.23. The predicted octanol–water partition coefficient (Wildman–Crippen LogP) is 1.87. The number of rotatable bonds is 6. The number of ether oxygens (including phenoxy) is 1. The van der Waals surface area contributed by atoms with Gasteiger partial charge in [-0.3, -0.25) is 4.79 Å². The zero-order chi connectivity index (χ0) is 21.3. The second-order valence-electron chi connectivity index (χ2n) is 7.77. The van der Waals surface area contributed by atoms with E-state index in [0.717, 1.165) is 11.3 Å². The van der Waals surface area contributed by atoms with Gasteiger partial charge in [0.25, 0.3) is 0 Å². The van der Waals surface area contributed by atoms with Gasteiger partial charge in [-0.25, -0.2) is 17.7 Å². The van der Waals surface area contributed by atoms with Gasteiger partial charge in [0.1, 0.15) is 5.82 Å². The van der Waals surface area contributed by atoms with Crippen molar-refractivity contribution >= 4 is 27.0 Å². The average Bonchev–Trinajstić information content (AvgIpc) is 3.01. The van der Waals surface area contributed by atoms with Crippen molar-refractivity contribution in [3.8, 4) is 0 Å². The number of imidazole rings is 1. The number of fused-ring (bicyclic) bond motifs is 1. The SMILES string of the molecule is CCn1c(CCC(=O)N2CC(C)OC(C)C2)nc2cc(S(=O)(=O)N(C)C)ccc21. The van der Waals surface area contributed by atoms with Gasteiger partial charge in [-0.15, -0.1) is 0 Å². The summed E-state index contributed by atoms with van der Waals surface area (Å²) in [7, 11) is -0.501. The number of benzene rings is 1. The van der Waals surface area contributed by atoms with E-state index in [1.54, 1.807) is 18.2 Å². The Morgan fingerprint density at radius 1 is 1.24 bits per heavy atom. The van der Waals surface area contributed by atoms with Crippen LogP contribution in [0.2, 0.25) is 0 Å². The van der Waals surface area contributed by atoms with Crippen LogP contribution < -0.4 is 0 Å². The van der Waals surface area contributed by atoms with Gasteiger partial charge in [-0.1, -0.05) is 0 Å². The quantitative estimate of drug-likeness (QED) is 0.710. The zero-order valence-corrected chi connectivity index (χ0v) is 18.6. The Bertz CT molecular complexity index is 989. The Morgan fingerprint density at radius 2 is 1.90 bits per heavy atom. The van der Waals surface area contributed by atoms with Crippen molar-refractivity contribution in [2.75, 3.05) is 27.2 Å². The van der Waals surface area contributed by atoms with Crippen LogP contribution in [0.5, 0.6) is 0 Å². The van der Waals surface area contributed by atoms with Gasteiger partial charge in [0, 0.05) is 46.6 Å². The summed E-state index contributed by atoms with van der Waals surface area (Å²) in [5.41, 5.74) is 1.51. The first-order chi connectivity index (χ1) is 13.6. The number of nitrogens with zero attached hydrogens (tertiary/aromatic N) is 4. The molecule has 1 amide bonds. The van der Waals surface area contributed by atoms with Gasteiger partial charge in [0.2, 0.25) is 15.9 Å². The number of carbonyl (C=O) groups is 1. The lowest BCUT2D eigenvalue weighted by molar-refractivity contribution is -0.143. The minimum Gasteiger partial charge on any atom is -0.372 e. The average molecular weight is 423 g/mol. The van der Waals surface area contributed by atoms with E-state index >= 15 is 0 Å². The fourth-order valence-corrected chi connectivity index (χ4v) is 4.76. The van der Waals surface area contributed by atoms with Crippen LogP contribution in [0.15, 0.2) is 23.1 Å². The van der Waals surface area contributed by atoms with Gasteiger partial charge < -0.3 is 14.2 Å². The minimum absolute atomic E-state index is 0.0417. The van der Waals surface area contributed by atoms with E-state index < -0.39 is 10.0 Å². The molecule has 0 radical (unpaired) electrons. The number of morpholine rings is 1. The van der Waals surface area contributed by atoms with Crippen molar-refractivity contribution in [2.24, 2.45) is 0 Å². The highest BCUT2D eigenvalue weighted by atomic mass is 32.2. The fourth-order valence-electron chi connectivity index (χ4n) is 3.83. The largest absolute Gasteiger partial charge is 0.372 e. The second kappa shape index (κ2) is 8.41. The summed E-state index contributed by atoms with van der Waals surface area (Å²) in [5.74, 6) is 0.891. The summed E-state index contributed by atoms with van der Waals surface area (Å²) >= 11 is 0. The molecule has 2 aromatic rings. The Kier molecular flexibility index (Phi) is 6.30. The second-order valence-corrected chi connectivity index (χ2v) is 9.92. The number of amides is 1. The van der Waals surface area contributed by atoms with Crippen molar-refractivity contribution in [1.29, 1.82) is 0 Å². The van der Waals surface area contributed by atoms with Crippen molar-refractivity contribution in [2.45, 2.75) is 57.3 Å². The van der Waals surface area contributed by atoms with Crippen LogP contribution in [-0.2, 0) is 32.5 Å². The smallest absolute Gasteiger partial charge is 0.242 e. The molecule has 2 atom stereocenters. The van der Waals surface area contributed by atoms with E-state index in [1.165, 1.54) is 18.4 Å². The van der Waals surface area contributed by atoms with Crippen molar-refractivity contribution < 1.29 is 17.9 Å². The number of carbonyl (C=O) groups excluding carboxylic acids is 1. The molecule has 0 saturated carbocycles. The maximum Gasteiger partial charge on any atom is 0.242 e. The number of hydrogen-bond acceptors (Lipinski definition) is 5. The Labute approximate surface area is 172 Å². The summed E-state index contributed by atoms with van der Waals surface area (Å²) in [4.78, 5) is 19.4. The summed E-state index contributed by atoms with van der Waals surface area (Å²) in [6.45, 7) is 7.89. The molecular formula is C20H30N4O4S. The standard InChI is InChI=1S/C20H30N4O4S/c1-6-24-18-8-7-16(29(26,27)22(4)5)11-17(18)21-19(24)9-10-20(25)23-12-14(2)28-15(3)13-23/h7-8,11,14-15H,6,9-10,12-13H2,1-5H3. The summed E-state index contributed by atoms with van der Waals surface area (Å²) in [5, 5.41) is 0. The van der Waals surface area contributed by atoms with Crippen molar-refractivity contribution in [3.63, 3.8) is 0 Å². The van der Waals surface area contributed by atoms with E-state index in [2.05, 4.69) is 4.98 Å². The first-order valence-electron chi connectivity index (χ1n) is 9.98. The number of sulfonamides is 1. The maximum atomic E-state index is 12.7. The highest BCUT2D eigenvalue weighted by molar-refractivity contribution is 7.89. The van der Waals surface area contributed by atoms with Crippen LogP contribution in [-0.4, -0.2) is 72.5 Å². The van der Waals surface area contributed by atoms with Gasteiger partial charge in [0.05, 0.1) is 28.1 Å². The Hall–Kier alpha value is -1.97. The first kappa shape index (κ1) is 21.7. The monoisotopic (exact) mass is 422 g/mol. The van der Waals surface area contributed by atoms with Gasteiger partial charge in [-0.05, 0) is 39.0 Å². The van der Waals surface area contributed by atoms with E-state index in [4.69, 9.17) is 4.74 Å². The predicted molar refractivity (Wildman–Crippen MR) is 111 cm³/mol. The summed E-state index contributed by atoms with van der Waals surface area (Å²) in [6, 6.07) is 5.00. The topological polar surface area (TPSA) is 84.7 Å². The number of aryl methyl sites for hydroxylation is 2. The van der Waals surface area contributed by atoms with Gasteiger partial charge in [0.15, 0.2) is 0 Å². The van der Waals surface area contributed by atoms with E-state index in [-0.39, 0.29) is 23.0 Å². The fraction of sp³-hybridized carbons (Fsp3) is 0.600. The molecule has 0 spiro atoms. The molecule has 1 fully saturated rings. The van der Waals surface area contributed by atoms with Crippen LogP contribution in [0.1, 0.15) is 33.0 Å².